The van der Waals surface area contributed by atoms with Crippen molar-refractivity contribution in [2.45, 2.75) is 13.2 Å². The van der Waals surface area contributed by atoms with Crippen LogP contribution in [0.5, 0.6) is 5.75 Å². The molecule has 27 heavy (non-hydrogen) atoms. The van der Waals surface area contributed by atoms with Gasteiger partial charge in [0.2, 0.25) is 0 Å². The number of rotatable bonds is 7. The van der Waals surface area contributed by atoms with Crippen LogP contribution in [0, 0.1) is 0 Å². The first kappa shape index (κ1) is 19.3. The summed E-state index contributed by atoms with van der Waals surface area (Å²) in [5.41, 5.74) is 1.92. The number of anilines is 1. The molecule has 0 unspecified atom stereocenters. The number of hydrogen-bond donors (Lipinski definition) is 3. The molecule has 7 heteroatoms. The maximum atomic E-state index is 12.2. The molecular formula is C20H25F2N3O2+2. The Morgan fingerprint density at radius 2 is 1.59 bits per heavy atom. The van der Waals surface area contributed by atoms with Crippen LogP contribution in [0.2, 0.25) is 0 Å². The van der Waals surface area contributed by atoms with Gasteiger partial charge < -0.3 is 19.9 Å². The zero-order valence-electron chi connectivity index (χ0n) is 15.1. The predicted octanol–water partition coefficient (Wildman–Crippen LogP) is 0.210. The molecule has 0 saturated carbocycles. The monoisotopic (exact) mass is 377 g/mol. The van der Waals surface area contributed by atoms with Crippen molar-refractivity contribution in [3.8, 4) is 5.75 Å². The van der Waals surface area contributed by atoms with E-state index >= 15 is 0 Å². The number of carbonyl (C=O) groups is 1. The second-order valence-electron chi connectivity index (χ2n) is 6.79. The Hall–Kier alpha value is -2.51. The Kier molecular flexibility index (Phi) is 6.73. The largest absolute Gasteiger partial charge is 0.435 e. The van der Waals surface area contributed by atoms with E-state index in [1.807, 2.05) is 6.07 Å². The van der Waals surface area contributed by atoms with Crippen LogP contribution in [0.25, 0.3) is 0 Å². The molecule has 3 N–H and O–H groups in total. The van der Waals surface area contributed by atoms with Gasteiger partial charge in [-0.25, -0.2) is 0 Å². The number of ether oxygens (including phenoxy) is 1. The summed E-state index contributed by atoms with van der Waals surface area (Å²) >= 11 is 0. The molecule has 1 heterocycles. The fourth-order valence-corrected chi connectivity index (χ4v) is 3.35. The minimum Gasteiger partial charge on any atom is -0.435 e. The summed E-state index contributed by atoms with van der Waals surface area (Å²) in [5.74, 6) is 0.00479. The zero-order valence-corrected chi connectivity index (χ0v) is 15.1. The lowest BCUT2D eigenvalue weighted by molar-refractivity contribution is -1.02. The Balaban J connectivity index is 1.40. The molecule has 0 aromatic heterocycles. The molecule has 1 aliphatic rings. The number of benzene rings is 2. The van der Waals surface area contributed by atoms with Gasteiger partial charge in [-0.2, -0.15) is 8.78 Å². The fraction of sp³-hybridized carbons (Fsp3) is 0.350. The second-order valence-corrected chi connectivity index (χ2v) is 6.79. The van der Waals surface area contributed by atoms with Gasteiger partial charge in [0.05, 0.1) is 0 Å². The maximum Gasteiger partial charge on any atom is 0.387 e. The van der Waals surface area contributed by atoms with Gasteiger partial charge in [0.25, 0.3) is 5.91 Å². The standard InChI is InChI=1S/C20H23F2N3O2/c21-20(22)27-18-8-6-17(7-9-18)23-19(26)15-25-12-10-24(11-13-25)14-16-4-2-1-3-5-16/h1-9,20H,10-15H2,(H,23,26)/p+2. The van der Waals surface area contributed by atoms with E-state index in [2.05, 4.69) is 34.3 Å². The topological polar surface area (TPSA) is 47.2 Å². The van der Waals surface area contributed by atoms with Gasteiger partial charge in [-0.05, 0) is 24.3 Å². The van der Waals surface area contributed by atoms with Crippen LogP contribution < -0.4 is 19.9 Å². The number of halogens is 2. The average Bonchev–Trinajstić information content (AvgIpc) is 2.65. The maximum absolute atomic E-state index is 12.2. The Labute approximate surface area is 157 Å². The number of quaternary nitrogens is 2. The lowest BCUT2D eigenvalue weighted by Gasteiger charge is -2.29. The molecule has 2 aromatic carbocycles. The van der Waals surface area contributed by atoms with Gasteiger partial charge in [-0.1, -0.05) is 30.3 Å². The molecule has 1 aliphatic heterocycles. The summed E-state index contributed by atoms with van der Waals surface area (Å²) < 4.78 is 28.6. The van der Waals surface area contributed by atoms with Crippen molar-refractivity contribution in [1.82, 2.24) is 0 Å². The highest BCUT2D eigenvalue weighted by Crippen LogP contribution is 2.17. The highest BCUT2D eigenvalue weighted by Gasteiger charge is 2.24. The number of amides is 1. The lowest BCUT2D eigenvalue weighted by Crippen LogP contribution is -3.28. The zero-order chi connectivity index (χ0) is 19.1. The summed E-state index contributed by atoms with van der Waals surface area (Å²) in [6.07, 6.45) is 0. The molecule has 1 fully saturated rings. The van der Waals surface area contributed by atoms with Gasteiger partial charge in [0, 0.05) is 11.3 Å². The molecule has 144 valence electrons. The third kappa shape index (κ3) is 6.30. The van der Waals surface area contributed by atoms with Crippen molar-refractivity contribution in [3.63, 3.8) is 0 Å². The molecule has 0 spiro atoms. The van der Waals surface area contributed by atoms with Crippen molar-refractivity contribution in [3.05, 3.63) is 60.2 Å². The molecule has 0 atom stereocenters. The van der Waals surface area contributed by atoms with Crippen molar-refractivity contribution in [2.24, 2.45) is 0 Å². The average molecular weight is 377 g/mol. The molecule has 1 amide bonds. The molecular weight excluding hydrogens is 352 g/mol. The van der Waals surface area contributed by atoms with E-state index in [0.717, 1.165) is 32.7 Å². The van der Waals surface area contributed by atoms with E-state index in [1.165, 1.54) is 22.6 Å². The van der Waals surface area contributed by atoms with E-state index in [1.54, 1.807) is 17.0 Å². The number of piperazine rings is 1. The van der Waals surface area contributed by atoms with E-state index in [9.17, 15) is 13.6 Å². The number of hydrogen-bond acceptors (Lipinski definition) is 2. The van der Waals surface area contributed by atoms with Gasteiger partial charge in [-0.3, -0.25) is 4.79 Å². The first-order chi connectivity index (χ1) is 13.1. The fourth-order valence-electron chi connectivity index (χ4n) is 3.35. The van der Waals surface area contributed by atoms with E-state index in [-0.39, 0.29) is 11.7 Å². The molecule has 3 rings (SSSR count). The SMILES string of the molecule is O=C(C[NH+]1CC[NH+](Cc2ccccc2)CC1)Nc1ccc(OC(F)F)cc1. The van der Waals surface area contributed by atoms with Gasteiger partial charge in [0.15, 0.2) is 6.54 Å². The Bertz CT molecular complexity index is 718. The van der Waals surface area contributed by atoms with Crippen LogP contribution in [-0.2, 0) is 11.3 Å². The summed E-state index contributed by atoms with van der Waals surface area (Å²) in [4.78, 5) is 15.0. The van der Waals surface area contributed by atoms with Gasteiger partial charge in [-0.15, -0.1) is 0 Å². The number of carbonyl (C=O) groups excluding carboxylic acids is 1. The van der Waals surface area contributed by atoms with Crippen LogP contribution >= 0.6 is 0 Å². The number of alkyl halides is 2. The van der Waals surface area contributed by atoms with Gasteiger partial charge >= 0.3 is 6.61 Å². The van der Waals surface area contributed by atoms with Crippen molar-refractivity contribution < 1.29 is 28.1 Å². The Morgan fingerprint density at radius 1 is 0.963 bits per heavy atom. The smallest absolute Gasteiger partial charge is 0.387 e. The lowest BCUT2D eigenvalue weighted by atomic mass is 10.2. The first-order valence-electron chi connectivity index (χ1n) is 9.14. The highest BCUT2D eigenvalue weighted by molar-refractivity contribution is 5.91. The summed E-state index contributed by atoms with van der Waals surface area (Å²) in [6.45, 7) is 2.57. The molecule has 2 aromatic rings. The third-order valence-electron chi connectivity index (χ3n) is 4.73. The van der Waals surface area contributed by atoms with Crippen molar-refractivity contribution >= 4 is 11.6 Å². The van der Waals surface area contributed by atoms with Crippen LogP contribution in [-0.4, -0.2) is 45.2 Å². The predicted molar refractivity (Wildman–Crippen MR) is 98.1 cm³/mol. The van der Waals surface area contributed by atoms with Crippen molar-refractivity contribution in [2.75, 3.05) is 38.0 Å². The Morgan fingerprint density at radius 3 is 2.22 bits per heavy atom. The van der Waals surface area contributed by atoms with E-state index in [0.29, 0.717) is 12.2 Å². The highest BCUT2D eigenvalue weighted by atomic mass is 19.3. The normalized spacial score (nSPS) is 19.7. The van der Waals surface area contributed by atoms with E-state index < -0.39 is 6.61 Å². The van der Waals surface area contributed by atoms with Gasteiger partial charge in [0.1, 0.15) is 38.5 Å². The van der Waals surface area contributed by atoms with E-state index in [4.69, 9.17) is 0 Å². The summed E-state index contributed by atoms with van der Waals surface area (Å²) in [6, 6.07) is 16.4. The summed E-state index contributed by atoms with van der Waals surface area (Å²) in [7, 11) is 0. The number of nitrogens with one attached hydrogen (secondary N) is 3. The van der Waals surface area contributed by atoms with Crippen LogP contribution in [0.4, 0.5) is 14.5 Å². The molecule has 5 nitrogen and oxygen atoms in total. The summed E-state index contributed by atoms with van der Waals surface area (Å²) in [5, 5.41) is 2.81. The molecule has 0 aliphatic carbocycles. The van der Waals surface area contributed by atoms with Crippen LogP contribution in [0.15, 0.2) is 54.6 Å². The minimum atomic E-state index is -2.85. The quantitative estimate of drug-likeness (QED) is 0.646. The van der Waals surface area contributed by atoms with Crippen LogP contribution in [0.3, 0.4) is 0 Å². The molecule has 0 radical (unpaired) electrons. The first-order valence-corrected chi connectivity index (χ1v) is 9.14. The minimum absolute atomic E-state index is 0.0703. The molecule has 0 bridgehead atoms. The second kappa shape index (κ2) is 9.43. The third-order valence-corrected chi connectivity index (χ3v) is 4.73. The van der Waals surface area contributed by atoms with Crippen LogP contribution in [0.1, 0.15) is 5.56 Å². The molecule has 1 saturated heterocycles. The van der Waals surface area contributed by atoms with Crippen molar-refractivity contribution in [1.29, 1.82) is 0 Å².